The Hall–Kier alpha value is -2.00. The fourth-order valence-corrected chi connectivity index (χ4v) is 4.33. The molecule has 3 rings (SSSR count). The second-order valence-corrected chi connectivity index (χ2v) is 7.99. The molecule has 3 N–H and O–H groups in total. The fraction of sp³-hybridized carbons (Fsp3) is 0.667. The number of methoxy groups -OCH3 is 1. The van der Waals surface area contributed by atoms with Crippen LogP contribution in [-0.2, 0) is 16.8 Å². The molecule has 1 aliphatic heterocycles. The number of H-pyrrole nitrogens is 1. The number of aromatic amines is 1. The topological polar surface area (TPSA) is 97.0 Å². The van der Waals surface area contributed by atoms with Gasteiger partial charge in [0.05, 0.1) is 17.9 Å². The average molecular weight is 330 g/mol. The van der Waals surface area contributed by atoms with Gasteiger partial charge in [0.25, 0.3) is 0 Å². The Balaban J connectivity index is 2.06. The van der Waals surface area contributed by atoms with Crippen LogP contribution in [-0.4, -0.2) is 17.3 Å². The molecule has 0 atom stereocenters. The van der Waals surface area contributed by atoms with Crippen molar-refractivity contribution in [2.75, 3.05) is 7.11 Å². The number of allylic oxidation sites excluding steroid dienone is 1. The van der Waals surface area contributed by atoms with Crippen LogP contribution in [0.25, 0.3) is 0 Å². The standard InChI is InChI=1S/C18H26N4O2/c1-17(2,3)11-5-7-18(8-6-11)12(9-19)15(20)24-16-14(18)13(10-23-4)21-22-16/h11H,5-8,10,20H2,1-4H3,(H,21,22). The number of aromatic nitrogens is 2. The lowest BCUT2D eigenvalue weighted by atomic mass is 9.59. The van der Waals surface area contributed by atoms with E-state index in [1.54, 1.807) is 7.11 Å². The molecule has 1 fully saturated rings. The van der Waals surface area contributed by atoms with Gasteiger partial charge in [0.15, 0.2) is 0 Å². The van der Waals surface area contributed by atoms with Crippen molar-refractivity contribution in [3.63, 3.8) is 0 Å². The Kier molecular flexibility index (Phi) is 4.08. The van der Waals surface area contributed by atoms with Crippen LogP contribution in [0.1, 0.15) is 57.7 Å². The van der Waals surface area contributed by atoms with E-state index in [1.807, 2.05) is 0 Å². The van der Waals surface area contributed by atoms with Gasteiger partial charge in [0.2, 0.25) is 11.8 Å². The Morgan fingerprint density at radius 2 is 2.08 bits per heavy atom. The predicted molar refractivity (Wildman–Crippen MR) is 89.8 cm³/mol. The first-order valence-electron chi connectivity index (χ1n) is 8.48. The van der Waals surface area contributed by atoms with E-state index < -0.39 is 5.41 Å². The van der Waals surface area contributed by atoms with Crippen LogP contribution in [0, 0.1) is 22.7 Å². The second kappa shape index (κ2) is 5.82. The van der Waals surface area contributed by atoms with Crippen LogP contribution in [0.15, 0.2) is 11.5 Å². The summed E-state index contributed by atoms with van der Waals surface area (Å²) in [5, 5.41) is 17.0. The third-order valence-electron chi connectivity index (χ3n) is 5.68. The number of nitrogens with zero attached hydrogens (tertiary/aromatic N) is 2. The summed E-state index contributed by atoms with van der Waals surface area (Å²) >= 11 is 0. The van der Waals surface area contributed by atoms with Crippen molar-refractivity contribution in [1.82, 2.24) is 10.2 Å². The molecule has 130 valence electrons. The lowest BCUT2D eigenvalue weighted by Crippen LogP contribution is -2.41. The molecule has 6 nitrogen and oxygen atoms in total. The third kappa shape index (κ3) is 2.48. The number of nitrogens with two attached hydrogens (primary N) is 1. The first kappa shape index (κ1) is 16.8. The average Bonchev–Trinajstić information content (AvgIpc) is 2.91. The molecule has 1 saturated carbocycles. The van der Waals surface area contributed by atoms with Crippen LogP contribution in [0.4, 0.5) is 0 Å². The van der Waals surface area contributed by atoms with Crippen molar-refractivity contribution in [3.8, 4) is 11.9 Å². The number of hydrogen-bond donors (Lipinski definition) is 2. The largest absolute Gasteiger partial charge is 0.420 e. The molecule has 0 amide bonds. The maximum atomic E-state index is 9.76. The molecule has 1 aromatic rings. The minimum Gasteiger partial charge on any atom is -0.420 e. The zero-order valence-corrected chi connectivity index (χ0v) is 14.9. The molecule has 0 radical (unpaired) electrons. The van der Waals surface area contributed by atoms with Crippen LogP contribution < -0.4 is 10.5 Å². The third-order valence-corrected chi connectivity index (χ3v) is 5.68. The Morgan fingerprint density at radius 3 is 2.62 bits per heavy atom. The van der Waals surface area contributed by atoms with Gasteiger partial charge in [0.1, 0.15) is 11.6 Å². The van der Waals surface area contributed by atoms with Gasteiger partial charge < -0.3 is 15.2 Å². The van der Waals surface area contributed by atoms with Crippen molar-refractivity contribution < 1.29 is 9.47 Å². The molecule has 1 aromatic heterocycles. The smallest absolute Gasteiger partial charge is 0.244 e. The van der Waals surface area contributed by atoms with E-state index in [2.05, 4.69) is 37.0 Å². The van der Waals surface area contributed by atoms with E-state index in [4.69, 9.17) is 15.2 Å². The highest BCUT2D eigenvalue weighted by Crippen LogP contribution is 2.55. The van der Waals surface area contributed by atoms with Gasteiger partial charge in [-0.1, -0.05) is 20.8 Å². The molecule has 0 unspecified atom stereocenters. The lowest BCUT2D eigenvalue weighted by molar-refractivity contribution is 0.137. The van der Waals surface area contributed by atoms with Crippen LogP contribution in [0.2, 0.25) is 0 Å². The summed E-state index contributed by atoms with van der Waals surface area (Å²) in [6.07, 6.45) is 3.87. The lowest BCUT2D eigenvalue weighted by Gasteiger charge is -2.45. The molecule has 1 aliphatic carbocycles. The highest BCUT2D eigenvalue weighted by molar-refractivity contribution is 5.54. The Morgan fingerprint density at radius 1 is 1.42 bits per heavy atom. The minimum absolute atomic E-state index is 0.190. The van der Waals surface area contributed by atoms with Crippen molar-refractivity contribution in [1.29, 1.82) is 5.26 Å². The van der Waals surface area contributed by atoms with Gasteiger partial charge in [-0.05, 0) is 37.0 Å². The molecule has 0 bridgehead atoms. The van der Waals surface area contributed by atoms with Crippen molar-refractivity contribution in [2.45, 2.75) is 58.5 Å². The van der Waals surface area contributed by atoms with Crippen molar-refractivity contribution >= 4 is 0 Å². The minimum atomic E-state index is -0.408. The van der Waals surface area contributed by atoms with Gasteiger partial charge in [-0.25, -0.2) is 0 Å². The van der Waals surface area contributed by atoms with E-state index in [9.17, 15) is 5.26 Å². The molecule has 0 aromatic carbocycles. The number of nitrogens with one attached hydrogen (secondary N) is 1. The quantitative estimate of drug-likeness (QED) is 0.868. The molecule has 2 heterocycles. The number of ether oxygens (including phenoxy) is 2. The molecule has 1 spiro atoms. The maximum absolute atomic E-state index is 9.76. The highest BCUT2D eigenvalue weighted by atomic mass is 16.5. The predicted octanol–water partition coefficient (Wildman–Crippen LogP) is 3.12. The molecule has 6 heteroatoms. The van der Waals surface area contributed by atoms with Crippen LogP contribution in [0.5, 0.6) is 5.88 Å². The van der Waals surface area contributed by atoms with E-state index >= 15 is 0 Å². The number of nitriles is 1. The van der Waals surface area contributed by atoms with E-state index in [-0.39, 0.29) is 11.3 Å². The summed E-state index contributed by atoms with van der Waals surface area (Å²) in [5.41, 5.74) is 8.30. The summed E-state index contributed by atoms with van der Waals surface area (Å²) in [6.45, 7) is 7.27. The van der Waals surface area contributed by atoms with Gasteiger partial charge in [-0.15, -0.1) is 5.10 Å². The number of hydrogen-bond acceptors (Lipinski definition) is 5. The molecule has 2 aliphatic rings. The molecular formula is C18H26N4O2. The SMILES string of the molecule is COCc1[nH]nc2c1C1(CCC(C(C)(C)C)CC1)C(C#N)=C(N)O2. The molecule has 24 heavy (non-hydrogen) atoms. The van der Waals surface area contributed by atoms with Crippen LogP contribution in [0.3, 0.4) is 0 Å². The normalized spacial score (nSPS) is 26.9. The zero-order valence-electron chi connectivity index (χ0n) is 14.9. The summed E-state index contributed by atoms with van der Waals surface area (Å²) in [5.74, 6) is 1.32. The first-order valence-corrected chi connectivity index (χ1v) is 8.48. The van der Waals surface area contributed by atoms with Crippen molar-refractivity contribution in [2.24, 2.45) is 17.1 Å². The highest BCUT2D eigenvalue weighted by Gasteiger charge is 2.50. The van der Waals surface area contributed by atoms with E-state index in [0.717, 1.165) is 36.9 Å². The monoisotopic (exact) mass is 330 g/mol. The first-order chi connectivity index (χ1) is 11.3. The second-order valence-electron chi connectivity index (χ2n) is 7.99. The maximum Gasteiger partial charge on any atom is 0.244 e. The number of rotatable bonds is 2. The Labute approximate surface area is 143 Å². The summed E-state index contributed by atoms with van der Waals surface area (Å²) in [6, 6.07) is 2.31. The summed E-state index contributed by atoms with van der Waals surface area (Å²) in [7, 11) is 1.65. The van der Waals surface area contributed by atoms with Gasteiger partial charge in [-0.3, -0.25) is 5.10 Å². The van der Waals surface area contributed by atoms with E-state index in [0.29, 0.717) is 24.0 Å². The number of fused-ring (bicyclic) bond motifs is 2. The van der Waals surface area contributed by atoms with Gasteiger partial charge >= 0.3 is 0 Å². The van der Waals surface area contributed by atoms with Gasteiger partial charge in [-0.2, -0.15) is 5.26 Å². The molecular weight excluding hydrogens is 304 g/mol. The summed E-state index contributed by atoms with van der Waals surface area (Å²) in [4.78, 5) is 0. The van der Waals surface area contributed by atoms with Gasteiger partial charge in [0, 0.05) is 12.5 Å². The summed E-state index contributed by atoms with van der Waals surface area (Å²) < 4.78 is 10.9. The zero-order chi connectivity index (χ0) is 17.5. The Bertz CT molecular complexity index is 698. The van der Waals surface area contributed by atoms with E-state index in [1.165, 1.54) is 0 Å². The van der Waals surface area contributed by atoms with Crippen LogP contribution >= 0.6 is 0 Å². The fourth-order valence-electron chi connectivity index (χ4n) is 4.33. The van der Waals surface area contributed by atoms with Crippen molar-refractivity contribution in [3.05, 3.63) is 22.7 Å². The molecule has 0 saturated heterocycles.